The Morgan fingerprint density at radius 2 is 1.92 bits per heavy atom. The number of H-pyrrole nitrogens is 1. The first-order valence-corrected chi connectivity index (χ1v) is 8.89. The molecule has 2 aromatic rings. The topological polar surface area (TPSA) is 96.1 Å². The van der Waals surface area contributed by atoms with Crippen molar-refractivity contribution in [3.05, 3.63) is 41.7 Å². The molecule has 138 valence electrons. The summed E-state index contributed by atoms with van der Waals surface area (Å²) in [7, 11) is 0. The Morgan fingerprint density at radius 1 is 1.23 bits per heavy atom. The number of ether oxygens (including phenoxy) is 1. The quantitative estimate of drug-likeness (QED) is 0.741. The maximum Gasteiger partial charge on any atom is 0.276 e. The third-order valence-electron chi connectivity index (χ3n) is 4.12. The van der Waals surface area contributed by atoms with Crippen LogP contribution in [0.4, 0.5) is 11.4 Å². The summed E-state index contributed by atoms with van der Waals surface area (Å²) in [6, 6.07) is 8.75. The molecular weight excluding hydrogens is 332 g/mol. The molecule has 1 aliphatic heterocycles. The molecule has 3 N–H and O–H groups in total. The molecule has 1 unspecified atom stereocenters. The predicted octanol–water partition coefficient (Wildman–Crippen LogP) is 2.98. The third kappa shape index (κ3) is 4.70. The van der Waals surface area contributed by atoms with Crippen molar-refractivity contribution in [2.75, 3.05) is 17.2 Å². The molecule has 0 saturated carbocycles. The lowest BCUT2D eigenvalue weighted by Gasteiger charge is -2.11. The van der Waals surface area contributed by atoms with E-state index in [9.17, 15) is 9.59 Å². The highest BCUT2D eigenvalue weighted by Gasteiger charge is 2.23. The molecule has 0 aliphatic carbocycles. The smallest absolute Gasteiger partial charge is 0.276 e. The van der Waals surface area contributed by atoms with Crippen LogP contribution in [0.25, 0.3) is 0 Å². The maximum atomic E-state index is 12.3. The summed E-state index contributed by atoms with van der Waals surface area (Å²) in [5.41, 5.74) is 2.61. The van der Waals surface area contributed by atoms with Crippen LogP contribution in [0.5, 0.6) is 0 Å². The number of benzene rings is 1. The summed E-state index contributed by atoms with van der Waals surface area (Å²) in [5, 5.41) is 12.6. The average molecular weight is 356 g/mol. The molecule has 3 rings (SSSR count). The first kappa shape index (κ1) is 18.1. The van der Waals surface area contributed by atoms with Crippen LogP contribution in [0.2, 0.25) is 0 Å². The minimum atomic E-state index is -0.367. The highest BCUT2D eigenvalue weighted by Crippen LogP contribution is 2.18. The van der Waals surface area contributed by atoms with Crippen LogP contribution in [0, 0.1) is 5.92 Å². The van der Waals surface area contributed by atoms with Gasteiger partial charge in [-0.1, -0.05) is 13.8 Å². The Labute approximate surface area is 152 Å². The molecular formula is C19H24N4O3. The van der Waals surface area contributed by atoms with Gasteiger partial charge >= 0.3 is 0 Å². The number of carbonyl (C=O) groups is 2. The summed E-state index contributed by atoms with van der Waals surface area (Å²) in [5.74, 6) is 0.0876. The largest absolute Gasteiger partial charge is 0.368 e. The van der Waals surface area contributed by atoms with E-state index in [-0.39, 0.29) is 17.9 Å². The van der Waals surface area contributed by atoms with Gasteiger partial charge in [0.15, 0.2) is 5.69 Å². The van der Waals surface area contributed by atoms with Gasteiger partial charge in [-0.25, -0.2) is 0 Å². The van der Waals surface area contributed by atoms with Crippen LogP contribution in [0.1, 0.15) is 42.9 Å². The average Bonchev–Trinajstić information content (AvgIpc) is 3.27. The van der Waals surface area contributed by atoms with Crippen LogP contribution in [-0.4, -0.2) is 34.7 Å². The van der Waals surface area contributed by atoms with Gasteiger partial charge < -0.3 is 15.4 Å². The zero-order valence-corrected chi connectivity index (χ0v) is 15.0. The van der Waals surface area contributed by atoms with Crippen molar-refractivity contribution >= 4 is 23.2 Å². The Balaban J connectivity index is 1.55. The Kier molecular flexibility index (Phi) is 5.68. The second-order valence-corrected chi connectivity index (χ2v) is 6.90. The number of amides is 2. The summed E-state index contributed by atoms with van der Waals surface area (Å²) in [4.78, 5) is 24.3. The number of nitrogens with zero attached hydrogens (tertiary/aromatic N) is 1. The van der Waals surface area contributed by atoms with E-state index in [0.29, 0.717) is 29.6 Å². The second kappa shape index (κ2) is 8.14. The van der Waals surface area contributed by atoms with Crippen LogP contribution < -0.4 is 10.6 Å². The molecule has 1 aliphatic rings. The summed E-state index contributed by atoms with van der Waals surface area (Å²) < 4.78 is 5.36. The van der Waals surface area contributed by atoms with E-state index in [0.717, 1.165) is 25.0 Å². The van der Waals surface area contributed by atoms with Crippen LogP contribution >= 0.6 is 0 Å². The zero-order chi connectivity index (χ0) is 18.5. The molecule has 0 bridgehead atoms. The number of rotatable bonds is 6. The van der Waals surface area contributed by atoms with Crippen molar-refractivity contribution in [1.29, 1.82) is 0 Å². The van der Waals surface area contributed by atoms with Crippen molar-refractivity contribution < 1.29 is 14.3 Å². The molecule has 1 saturated heterocycles. The number of hydrogen-bond donors (Lipinski definition) is 3. The van der Waals surface area contributed by atoms with Crippen LogP contribution in [0.15, 0.2) is 30.3 Å². The van der Waals surface area contributed by atoms with Gasteiger partial charge in [0.1, 0.15) is 6.10 Å². The van der Waals surface area contributed by atoms with E-state index in [1.807, 2.05) is 0 Å². The van der Waals surface area contributed by atoms with Crippen molar-refractivity contribution in [1.82, 2.24) is 10.2 Å². The van der Waals surface area contributed by atoms with E-state index >= 15 is 0 Å². The normalized spacial score (nSPS) is 16.7. The van der Waals surface area contributed by atoms with Crippen molar-refractivity contribution in [3.63, 3.8) is 0 Å². The first-order valence-electron chi connectivity index (χ1n) is 8.89. The fourth-order valence-electron chi connectivity index (χ4n) is 2.86. The maximum absolute atomic E-state index is 12.3. The van der Waals surface area contributed by atoms with E-state index in [1.54, 1.807) is 30.3 Å². The lowest BCUT2D eigenvalue weighted by atomic mass is 10.1. The number of nitrogens with one attached hydrogen (secondary N) is 3. The highest BCUT2D eigenvalue weighted by atomic mass is 16.5. The van der Waals surface area contributed by atoms with Crippen molar-refractivity contribution in [3.8, 4) is 0 Å². The van der Waals surface area contributed by atoms with Crippen LogP contribution in [-0.2, 0) is 16.0 Å². The van der Waals surface area contributed by atoms with E-state index in [1.165, 1.54) is 0 Å². The van der Waals surface area contributed by atoms with E-state index in [2.05, 4.69) is 34.7 Å². The molecule has 7 nitrogen and oxygen atoms in total. The fourth-order valence-corrected chi connectivity index (χ4v) is 2.86. The number of aromatic nitrogens is 2. The molecule has 1 aromatic heterocycles. The van der Waals surface area contributed by atoms with Gasteiger partial charge in [0.05, 0.1) is 0 Å². The Morgan fingerprint density at radius 3 is 2.54 bits per heavy atom. The minimum absolute atomic E-state index is 0.131. The van der Waals surface area contributed by atoms with Crippen LogP contribution in [0.3, 0.4) is 0 Å². The van der Waals surface area contributed by atoms with Gasteiger partial charge in [-0.2, -0.15) is 5.10 Å². The molecule has 2 heterocycles. The number of hydrogen-bond acceptors (Lipinski definition) is 4. The second-order valence-electron chi connectivity index (χ2n) is 6.90. The van der Waals surface area contributed by atoms with Gasteiger partial charge in [-0.15, -0.1) is 0 Å². The number of anilines is 2. The SMILES string of the molecule is CC(C)Cc1cc(C(=O)Nc2ccc(NC(=O)C3CCCO3)cc2)n[nH]1. The molecule has 26 heavy (non-hydrogen) atoms. The molecule has 1 aromatic carbocycles. The molecule has 0 spiro atoms. The summed E-state index contributed by atoms with van der Waals surface area (Å²) in [6.45, 7) is 4.86. The Bertz CT molecular complexity index is 761. The predicted molar refractivity (Wildman–Crippen MR) is 99.1 cm³/mol. The van der Waals surface area contributed by atoms with Crippen molar-refractivity contribution in [2.24, 2.45) is 5.92 Å². The molecule has 2 amide bonds. The van der Waals surface area contributed by atoms with E-state index in [4.69, 9.17) is 4.74 Å². The third-order valence-corrected chi connectivity index (χ3v) is 4.12. The summed E-state index contributed by atoms with van der Waals surface area (Å²) >= 11 is 0. The summed E-state index contributed by atoms with van der Waals surface area (Å²) in [6.07, 6.45) is 2.14. The molecule has 7 heteroatoms. The first-order chi connectivity index (χ1) is 12.5. The van der Waals surface area contributed by atoms with Crippen molar-refractivity contribution in [2.45, 2.75) is 39.2 Å². The van der Waals surface area contributed by atoms with Gasteiger partial charge in [-0.05, 0) is 55.5 Å². The minimum Gasteiger partial charge on any atom is -0.368 e. The standard InChI is InChI=1S/C19H24N4O3/c1-12(2)10-15-11-16(23-22-15)18(24)20-13-5-7-14(8-6-13)21-19(25)17-4-3-9-26-17/h5-8,11-12,17H,3-4,9-10H2,1-2H3,(H,20,24)(H,21,25)(H,22,23). The lowest BCUT2D eigenvalue weighted by molar-refractivity contribution is -0.124. The molecule has 0 radical (unpaired) electrons. The zero-order valence-electron chi connectivity index (χ0n) is 15.0. The number of carbonyl (C=O) groups excluding carboxylic acids is 2. The highest BCUT2D eigenvalue weighted by molar-refractivity contribution is 6.03. The van der Waals surface area contributed by atoms with Gasteiger partial charge in [-0.3, -0.25) is 14.7 Å². The lowest BCUT2D eigenvalue weighted by Crippen LogP contribution is -2.26. The molecule has 1 atom stereocenters. The van der Waals surface area contributed by atoms with Gasteiger partial charge in [0.25, 0.3) is 11.8 Å². The van der Waals surface area contributed by atoms with Gasteiger partial charge in [0.2, 0.25) is 0 Å². The molecule has 1 fully saturated rings. The monoisotopic (exact) mass is 356 g/mol. The van der Waals surface area contributed by atoms with Gasteiger partial charge in [0, 0.05) is 23.7 Å². The Hall–Kier alpha value is -2.67. The van der Waals surface area contributed by atoms with E-state index < -0.39 is 0 Å². The fraction of sp³-hybridized carbons (Fsp3) is 0.421. The number of aromatic amines is 1.